The minimum atomic E-state index is 1.36. The molecule has 0 radical (unpaired) electrons. The van der Waals surface area contributed by atoms with E-state index in [1.807, 2.05) is 61.5 Å². The molecule has 0 atom stereocenters. The standard InChI is InChI=1S/C7H9.C5H5.C2H4.Ti/c1-6-3-4-7(2)5-6;1-2-4-5-3-1;1-2;/h3-5H,1-2H3;1-5H;1H,2H3;/q2*-1;;+2. The second-order valence-corrected chi connectivity index (χ2v) is 4.12. The molecule has 2 aromatic rings. The Morgan fingerprint density at radius 1 is 1.20 bits per heavy atom. The smallest absolute Gasteiger partial charge is 0.0635 e. The first-order valence-electron chi connectivity index (χ1n) is 5.02. The molecule has 0 aliphatic rings. The first-order valence-corrected chi connectivity index (χ1v) is 5.92. The van der Waals surface area contributed by atoms with Crippen molar-refractivity contribution in [3.8, 4) is 0 Å². The van der Waals surface area contributed by atoms with Crippen molar-refractivity contribution in [3.63, 3.8) is 0 Å². The maximum atomic E-state index is 2.17. The van der Waals surface area contributed by atoms with Crippen LogP contribution in [0.25, 0.3) is 0 Å². The average Bonchev–Trinajstić information content (AvgIpc) is 2.81. The number of hydrogen-bond acceptors (Lipinski definition) is 0. The molecular formula is C14H18Ti. The van der Waals surface area contributed by atoms with Gasteiger partial charge in [0.2, 0.25) is 0 Å². The molecule has 15 heavy (non-hydrogen) atoms. The fraction of sp³-hybridized carbons (Fsp3) is 0.214. The van der Waals surface area contributed by atoms with Crippen LogP contribution in [0.1, 0.15) is 18.1 Å². The Hall–Kier alpha value is -0.716. The van der Waals surface area contributed by atoms with Crippen molar-refractivity contribution >= 4 is 4.31 Å². The van der Waals surface area contributed by atoms with Crippen molar-refractivity contribution in [3.05, 3.63) is 59.7 Å². The third-order valence-corrected chi connectivity index (χ3v) is 1.62. The average molecular weight is 234 g/mol. The Labute approximate surface area is 105 Å². The van der Waals surface area contributed by atoms with Gasteiger partial charge in [0.1, 0.15) is 0 Å². The minimum absolute atomic E-state index is 1.36. The molecule has 0 bridgehead atoms. The molecule has 0 spiro atoms. The van der Waals surface area contributed by atoms with Crippen molar-refractivity contribution in [1.82, 2.24) is 0 Å². The summed E-state index contributed by atoms with van der Waals surface area (Å²) in [6.45, 7) is 6.21. The van der Waals surface area contributed by atoms with Crippen LogP contribution in [0, 0.1) is 13.8 Å². The Morgan fingerprint density at radius 2 is 1.73 bits per heavy atom. The molecule has 1 heteroatoms. The van der Waals surface area contributed by atoms with Gasteiger partial charge in [0.15, 0.2) is 0 Å². The van der Waals surface area contributed by atoms with Gasteiger partial charge in [-0.2, -0.15) is 35.9 Å². The van der Waals surface area contributed by atoms with Crippen molar-refractivity contribution in [2.75, 3.05) is 0 Å². The summed E-state index contributed by atoms with van der Waals surface area (Å²) in [5.41, 5.74) is 2.72. The largest absolute Gasteiger partial charge is 0.214 e. The summed E-state index contributed by atoms with van der Waals surface area (Å²) in [6.07, 6.45) is 0. The molecule has 0 saturated heterocycles. The van der Waals surface area contributed by atoms with E-state index < -0.39 is 0 Å². The SMILES string of the molecule is C[CH]=[Ti+2].Cc1c[cH-]c(C)c1.c1cc[cH-]c1. The van der Waals surface area contributed by atoms with Crippen LogP contribution in [-0.2, 0) is 20.0 Å². The van der Waals surface area contributed by atoms with Gasteiger partial charge in [0.05, 0.1) is 0 Å². The second kappa shape index (κ2) is 9.82. The molecule has 0 aromatic heterocycles. The Morgan fingerprint density at radius 3 is 1.87 bits per heavy atom. The van der Waals surface area contributed by atoms with Gasteiger partial charge in [-0.25, -0.2) is 23.8 Å². The molecule has 0 saturated carbocycles. The minimum Gasteiger partial charge on any atom is -0.214 e. The van der Waals surface area contributed by atoms with Crippen molar-refractivity contribution in [2.45, 2.75) is 20.8 Å². The van der Waals surface area contributed by atoms with E-state index in [1.54, 1.807) is 0 Å². The summed E-state index contributed by atoms with van der Waals surface area (Å²) in [5.74, 6) is 0. The van der Waals surface area contributed by atoms with E-state index in [-0.39, 0.29) is 0 Å². The van der Waals surface area contributed by atoms with Gasteiger partial charge in [-0.3, -0.25) is 0 Å². The molecule has 0 N–H and O–H groups in total. The second-order valence-electron chi connectivity index (χ2n) is 3.22. The number of hydrogen-bond donors (Lipinski definition) is 0. The van der Waals surface area contributed by atoms with Crippen LogP contribution in [0.2, 0.25) is 0 Å². The maximum absolute atomic E-state index is 2.17. The van der Waals surface area contributed by atoms with Crippen LogP contribution in [-0.4, -0.2) is 4.31 Å². The van der Waals surface area contributed by atoms with Crippen LogP contribution < -0.4 is 0 Å². The van der Waals surface area contributed by atoms with Gasteiger partial charge >= 0.3 is 31.2 Å². The van der Waals surface area contributed by atoms with Gasteiger partial charge in [0, 0.05) is 0 Å². The fourth-order valence-electron chi connectivity index (χ4n) is 1.04. The summed E-state index contributed by atoms with van der Waals surface area (Å²) < 4.78 is 2.00. The molecule has 0 unspecified atom stereocenters. The van der Waals surface area contributed by atoms with Crippen molar-refractivity contribution < 1.29 is 20.0 Å². The van der Waals surface area contributed by atoms with E-state index in [9.17, 15) is 0 Å². The maximum Gasteiger partial charge on any atom is -0.0635 e. The molecule has 0 heterocycles. The molecule has 2 rings (SSSR count). The van der Waals surface area contributed by atoms with Crippen molar-refractivity contribution in [2.24, 2.45) is 0 Å². The van der Waals surface area contributed by atoms with E-state index in [2.05, 4.69) is 32.0 Å². The van der Waals surface area contributed by atoms with Gasteiger partial charge in [-0.15, -0.1) is 0 Å². The van der Waals surface area contributed by atoms with E-state index in [0.29, 0.717) is 0 Å². The molecule has 78 valence electrons. The van der Waals surface area contributed by atoms with Gasteiger partial charge in [0.25, 0.3) is 0 Å². The van der Waals surface area contributed by atoms with Crippen LogP contribution in [0.3, 0.4) is 0 Å². The van der Waals surface area contributed by atoms with E-state index in [0.717, 1.165) is 0 Å². The zero-order valence-electron chi connectivity index (χ0n) is 9.70. The Bertz CT molecular complexity index is 294. The van der Waals surface area contributed by atoms with E-state index in [4.69, 9.17) is 0 Å². The summed E-state index contributed by atoms with van der Waals surface area (Å²) in [7, 11) is 0. The third-order valence-electron chi connectivity index (χ3n) is 1.62. The zero-order valence-corrected chi connectivity index (χ0v) is 11.3. The third kappa shape index (κ3) is 9.59. The quantitative estimate of drug-likeness (QED) is 0.480. The first kappa shape index (κ1) is 14.3. The molecule has 2 aromatic carbocycles. The Balaban J connectivity index is 0.000000216. The zero-order chi connectivity index (χ0) is 11.5. The summed E-state index contributed by atoms with van der Waals surface area (Å²) in [6, 6.07) is 16.4. The van der Waals surface area contributed by atoms with Crippen LogP contribution in [0.5, 0.6) is 0 Å². The monoisotopic (exact) mass is 234 g/mol. The van der Waals surface area contributed by atoms with Gasteiger partial charge < -0.3 is 0 Å². The Kier molecular flexibility index (Phi) is 9.36. The molecule has 0 nitrogen and oxygen atoms in total. The van der Waals surface area contributed by atoms with Crippen molar-refractivity contribution in [1.29, 1.82) is 0 Å². The topological polar surface area (TPSA) is 0 Å². The molecule has 0 aliphatic heterocycles. The predicted octanol–water partition coefficient (Wildman–Crippen LogP) is 3.78. The summed E-state index contributed by atoms with van der Waals surface area (Å²) in [5, 5.41) is 0. The molecule has 0 amide bonds. The summed E-state index contributed by atoms with van der Waals surface area (Å²) >= 11 is 2.00. The van der Waals surface area contributed by atoms with Crippen LogP contribution >= 0.6 is 0 Å². The number of aryl methyl sites for hydroxylation is 2. The fourth-order valence-corrected chi connectivity index (χ4v) is 1.04. The van der Waals surface area contributed by atoms with Crippen LogP contribution in [0.4, 0.5) is 0 Å². The molecule has 0 aliphatic carbocycles. The molecular weight excluding hydrogens is 216 g/mol. The normalized spacial score (nSPS) is 8.07. The van der Waals surface area contributed by atoms with Gasteiger partial charge in [-0.05, 0) is 0 Å². The van der Waals surface area contributed by atoms with E-state index in [1.165, 1.54) is 11.1 Å². The predicted molar refractivity (Wildman–Crippen MR) is 65.3 cm³/mol. The molecule has 0 fully saturated rings. The van der Waals surface area contributed by atoms with Crippen LogP contribution in [0.15, 0.2) is 48.5 Å². The first-order chi connectivity index (χ1) is 7.20. The van der Waals surface area contributed by atoms with E-state index >= 15 is 0 Å². The number of rotatable bonds is 0. The summed E-state index contributed by atoms with van der Waals surface area (Å²) in [4.78, 5) is 0. The van der Waals surface area contributed by atoms with Gasteiger partial charge in [-0.1, -0.05) is 13.8 Å².